The fourth-order valence-electron chi connectivity index (χ4n) is 1.08. The van der Waals surface area contributed by atoms with Crippen molar-refractivity contribution in [3.05, 3.63) is 12.2 Å². The minimum atomic E-state index is -0.332. The molecule has 1 N–H and O–H groups in total. The van der Waals surface area contributed by atoms with E-state index in [1.54, 1.807) is 6.08 Å². The predicted molar refractivity (Wildman–Crippen MR) is 49.9 cm³/mol. The van der Waals surface area contributed by atoms with Crippen LogP contribution in [0.1, 0.15) is 33.6 Å². The van der Waals surface area contributed by atoms with Crippen LogP contribution in [0.2, 0.25) is 0 Å². The fourth-order valence-corrected chi connectivity index (χ4v) is 1.08. The molecule has 0 aliphatic carbocycles. The Labute approximate surface area is 74.3 Å². The minimum Gasteiger partial charge on any atom is -0.393 e. The molecule has 0 saturated carbocycles. The van der Waals surface area contributed by atoms with Crippen molar-refractivity contribution in [2.75, 3.05) is 0 Å². The van der Waals surface area contributed by atoms with E-state index in [0.717, 1.165) is 12.7 Å². The lowest BCUT2D eigenvalue weighted by Crippen LogP contribution is -2.16. The van der Waals surface area contributed by atoms with Gasteiger partial charge in [-0.25, -0.2) is 0 Å². The van der Waals surface area contributed by atoms with Crippen LogP contribution in [-0.2, 0) is 4.79 Å². The standard InChI is InChI=1S/C10H18O2/c1-10(2,3)8-9(12)6-4-5-7-11/h4-5,7,9,12H,6,8H2,1-3H3. The molecular weight excluding hydrogens is 152 g/mol. The van der Waals surface area contributed by atoms with Crippen molar-refractivity contribution in [2.24, 2.45) is 5.41 Å². The van der Waals surface area contributed by atoms with Crippen LogP contribution in [0, 0.1) is 5.41 Å². The predicted octanol–water partition coefficient (Wildman–Crippen LogP) is 1.93. The number of hydrogen-bond donors (Lipinski definition) is 1. The number of carbonyl (C=O) groups is 1. The van der Waals surface area contributed by atoms with Crippen molar-refractivity contribution in [1.29, 1.82) is 0 Å². The monoisotopic (exact) mass is 170 g/mol. The molecular formula is C10H18O2. The van der Waals surface area contributed by atoms with Crippen LogP contribution in [0.15, 0.2) is 12.2 Å². The molecule has 12 heavy (non-hydrogen) atoms. The molecule has 70 valence electrons. The van der Waals surface area contributed by atoms with E-state index in [4.69, 9.17) is 0 Å². The largest absolute Gasteiger partial charge is 0.393 e. The van der Waals surface area contributed by atoms with Crippen molar-refractivity contribution >= 4 is 6.29 Å². The normalized spacial score (nSPS) is 15.0. The highest BCUT2D eigenvalue weighted by Gasteiger charge is 2.15. The molecule has 1 unspecified atom stereocenters. The maximum absolute atomic E-state index is 9.90. The average molecular weight is 170 g/mol. The molecule has 0 fully saturated rings. The minimum absolute atomic E-state index is 0.147. The molecule has 0 saturated heterocycles. The van der Waals surface area contributed by atoms with E-state index in [1.807, 2.05) is 0 Å². The SMILES string of the molecule is CC(C)(C)CC(O)CC=CC=O. The summed E-state index contributed by atoms with van der Waals surface area (Å²) in [5, 5.41) is 9.44. The van der Waals surface area contributed by atoms with Gasteiger partial charge in [-0.05, 0) is 24.3 Å². The van der Waals surface area contributed by atoms with Gasteiger partial charge in [-0.15, -0.1) is 0 Å². The molecule has 0 aliphatic rings. The summed E-state index contributed by atoms with van der Waals surface area (Å²) < 4.78 is 0. The summed E-state index contributed by atoms with van der Waals surface area (Å²) in [5.41, 5.74) is 0.147. The molecule has 0 aromatic carbocycles. The van der Waals surface area contributed by atoms with Crippen LogP contribution < -0.4 is 0 Å². The fraction of sp³-hybridized carbons (Fsp3) is 0.700. The molecule has 0 heterocycles. The molecule has 0 bridgehead atoms. The zero-order valence-corrected chi connectivity index (χ0v) is 8.08. The van der Waals surface area contributed by atoms with Crippen molar-refractivity contribution < 1.29 is 9.90 Å². The van der Waals surface area contributed by atoms with Gasteiger partial charge in [-0.1, -0.05) is 26.8 Å². The third-order valence-electron chi connectivity index (χ3n) is 1.47. The third kappa shape index (κ3) is 7.48. The maximum atomic E-state index is 9.90. The van der Waals surface area contributed by atoms with Gasteiger partial charge in [0.2, 0.25) is 0 Å². The Morgan fingerprint density at radius 3 is 2.42 bits per heavy atom. The zero-order chi connectivity index (χ0) is 9.61. The van der Waals surface area contributed by atoms with Gasteiger partial charge in [0.1, 0.15) is 6.29 Å². The lowest BCUT2D eigenvalue weighted by molar-refractivity contribution is -0.104. The highest BCUT2D eigenvalue weighted by molar-refractivity contribution is 5.64. The second-order valence-corrected chi connectivity index (χ2v) is 4.22. The topological polar surface area (TPSA) is 37.3 Å². The molecule has 0 aromatic rings. The highest BCUT2D eigenvalue weighted by Crippen LogP contribution is 2.21. The summed E-state index contributed by atoms with van der Waals surface area (Å²) in [6, 6.07) is 0. The van der Waals surface area contributed by atoms with Gasteiger partial charge >= 0.3 is 0 Å². The first kappa shape index (κ1) is 11.4. The molecule has 0 rings (SSSR count). The second-order valence-electron chi connectivity index (χ2n) is 4.22. The number of allylic oxidation sites excluding steroid dienone is 1. The van der Waals surface area contributed by atoms with Crippen LogP contribution in [-0.4, -0.2) is 17.5 Å². The van der Waals surface area contributed by atoms with Gasteiger partial charge < -0.3 is 5.11 Å². The van der Waals surface area contributed by atoms with Gasteiger partial charge in [0, 0.05) is 0 Å². The van der Waals surface area contributed by atoms with Gasteiger partial charge in [-0.3, -0.25) is 4.79 Å². The Morgan fingerprint density at radius 2 is 2.00 bits per heavy atom. The van der Waals surface area contributed by atoms with Crippen molar-refractivity contribution in [2.45, 2.75) is 39.7 Å². The lowest BCUT2D eigenvalue weighted by atomic mass is 9.88. The first-order valence-corrected chi connectivity index (χ1v) is 4.24. The van der Waals surface area contributed by atoms with Crippen molar-refractivity contribution in [3.8, 4) is 0 Å². The summed E-state index contributed by atoms with van der Waals surface area (Å²) in [6.07, 6.45) is 4.84. The van der Waals surface area contributed by atoms with Crippen LogP contribution in [0.25, 0.3) is 0 Å². The summed E-state index contributed by atoms with van der Waals surface area (Å²) >= 11 is 0. The molecule has 0 radical (unpaired) electrons. The van der Waals surface area contributed by atoms with E-state index < -0.39 is 0 Å². The quantitative estimate of drug-likeness (QED) is 0.517. The Hall–Kier alpha value is -0.630. The van der Waals surface area contributed by atoms with Gasteiger partial charge in [0.15, 0.2) is 0 Å². The highest BCUT2D eigenvalue weighted by atomic mass is 16.3. The Morgan fingerprint density at radius 1 is 1.42 bits per heavy atom. The molecule has 0 amide bonds. The van der Waals surface area contributed by atoms with E-state index in [9.17, 15) is 9.90 Å². The first-order chi connectivity index (χ1) is 5.45. The number of hydrogen-bond acceptors (Lipinski definition) is 2. The van der Waals surface area contributed by atoms with Crippen molar-refractivity contribution in [1.82, 2.24) is 0 Å². The molecule has 0 spiro atoms. The number of carbonyl (C=O) groups excluding carboxylic acids is 1. The molecule has 2 nitrogen and oxygen atoms in total. The molecule has 2 heteroatoms. The Bertz CT molecular complexity index is 154. The van der Waals surface area contributed by atoms with Gasteiger partial charge in [-0.2, -0.15) is 0 Å². The van der Waals surface area contributed by atoms with E-state index in [-0.39, 0.29) is 11.5 Å². The number of aliphatic hydroxyl groups is 1. The average Bonchev–Trinajstić information content (AvgIpc) is 1.84. The van der Waals surface area contributed by atoms with E-state index >= 15 is 0 Å². The number of rotatable bonds is 4. The smallest absolute Gasteiger partial charge is 0.142 e. The molecule has 0 aliphatic heterocycles. The number of aliphatic hydroxyl groups excluding tert-OH is 1. The summed E-state index contributed by atoms with van der Waals surface area (Å²) in [7, 11) is 0. The van der Waals surface area contributed by atoms with E-state index in [0.29, 0.717) is 6.42 Å². The van der Waals surface area contributed by atoms with E-state index in [2.05, 4.69) is 20.8 Å². The third-order valence-corrected chi connectivity index (χ3v) is 1.47. The first-order valence-electron chi connectivity index (χ1n) is 4.24. The Kier molecular flexibility index (Phi) is 4.83. The van der Waals surface area contributed by atoms with Gasteiger partial charge in [0.05, 0.1) is 6.10 Å². The summed E-state index contributed by atoms with van der Waals surface area (Å²) in [6.45, 7) is 6.25. The Balaban J connectivity index is 3.66. The second kappa shape index (κ2) is 5.09. The van der Waals surface area contributed by atoms with Gasteiger partial charge in [0.25, 0.3) is 0 Å². The lowest BCUT2D eigenvalue weighted by Gasteiger charge is -2.21. The molecule has 1 atom stereocenters. The summed E-state index contributed by atoms with van der Waals surface area (Å²) in [5.74, 6) is 0. The number of aldehydes is 1. The van der Waals surface area contributed by atoms with Crippen LogP contribution in [0.5, 0.6) is 0 Å². The van der Waals surface area contributed by atoms with Crippen LogP contribution in [0.3, 0.4) is 0 Å². The van der Waals surface area contributed by atoms with E-state index in [1.165, 1.54) is 6.08 Å². The summed E-state index contributed by atoms with van der Waals surface area (Å²) in [4.78, 5) is 9.90. The molecule has 0 aromatic heterocycles. The van der Waals surface area contributed by atoms with Crippen molar-refractivity contribution in [3.63, 3.8) is 0 Å². The van der Waals surface area contributed by atoms with Crippen LogP contribution in [0.4, 0.5) is 0 Å². The zero-order valence-electron chi connectivity index (χ0n) is 8.08. The maximum Gasteiger partial charge on any atom is 0.142 e. The van der Waals surface area contributed by atoms with Crippen LogP contribution >= 0.6 is 0 Å².